The van der Waals surface area contributed by atoms with Crippen LogP contribution in [0.25, 0.3) is 28.1 Å². The first-order chi connectivity index (χ1) is 9.42. The second-order valence-electron chi connectivity index (χ2n) is 4.39. The molecule has 0 aliphatic rings. The van der Waals surface area contributed by atoms with Crippen LogP contribution >= 0.6 is 0 Å². The third-order valence-corrected chi connectivity index (χ3v) is 3.20. The molecule has 0 spiro atoms. The second kappa shape index (κ2) is 3.88. The minimum atomic E-state index is 0.836. The summed E-state index contributed by atoms with van der Waals surface area (Å²) in [7, 11) is 0. The quantitative estimate of drug-likeness (QED) is 0.525. The van der Waals surface area contributed by atoms with Crippen molar-refractivity contribution in [3.63, 3.8) is 0 Å². The van der Waals surface area contributed by atoms with E-state index in [1.54, 1.807) is 6.20 Å². The first-order valence-corrected chi connectivity index (χ1v) is 6.11. The van der Waals surface area contributed by atoms with E-state index < -0.39 is 0 Å². The number of aromatic amines is 1. The Balaban J connectivity index is 1.99. The summed E-state index contributed by atoms with van der Waals surface area (Å²) in [5, 5.41) is 0. The van der Waals surface area contributed by atoms with Gasteiger partial charge in [0.05, 0.1) is 6.20 Å². The van der Waals surface area contributed by atoms with Crippen molar-refractivity contribution in [2.24, 2.45) is 0 Å². The van der Waals surface area contributed by atoms with E-state index in [1.807, 2.05) is 48.8 Å². The van der Waals surface area contributed by atoms with Gasteiger partial charge in [0.25, 0.3) is 0 Å². The molecule has 4 aromatic rings. The molecular formula is C15H11N4+. The molecule has 4 nitrogen and oxygen atoms in total. The van der Waals surface area contributed by atoms with Gasteiger partial charge in [0.1, 0.15) is 11.0 Å². The first-order valence-electron chi connectivity index (χ1n) is 6.11. The lowest BCUT2D eigenvalue weighted by Crippen LogP contribution is -2.20. The molecule has 90 valence electrons. The fraction of sp³-hybridized carbons (Fsp3) is 0. The average molecular weight is 247 g/mol. The first kappa shape index (κ1) is 10.2. The Labute approximate surface area is 109 Å². The highest BCUT2D eigenvalue weighted by Crippen LogP contribution is 2.15. The summed E-state index contributed by atoms with van der Waals surface area (Å²) in [6.07, 6.45) is 5.62. The molecule has 1 N–H and O–H groups in total. The second-order valence-corrected chi connectivity index (χ2v) is 4.39. The number of rotatable bonds is 1. The van der Waals surface area contributed by atoms with E-state index in [9.17, 15) is 0 Å². The zero-order valence-corrected chi connectivity index (χ0v) is 10.1. The molecule has 0 saturated heterocycles. The van der Waals surface area contributed by atoms with E-state index >= 15 is 0 Å². The number of fused-ring (bicyclic) bond motifs is 3. The summed E-state index contributed by atoms with van der Waals surface area (Å²) in [5.41, 5.74) is 4.14. The third-order valence-electron chi connectivity index (χ3n) is 3.20. The average Bonchev–Trinajstić information content (AvgIpc) is 2.86. The molecular weight excluding hydrogens is 236 g/mol. The molecule has 0 aliphatic heterocycles. The van der Waals surface area contributed by atoms with Crippen molar-refractivity contribution in [1.29, 1.82) is 0 Å². The van der Waals surface area contributed by atoms with Gasteiger partial charge in [0.15, 0.2) is 5.69 Å². The number of aromatic nitrogens is 4. The Kier molecular flexibility index (Phi) is 2.08. The van der Waals surface area contributed by atoms with Crippen molar-refractivity contribution < 1.29 is 4.40 Å². The molecule has 0 fully saturated rings. The van der Waals surface area contributed by atoms with E-state index in [4.69, 9.17) is 0 Å². The molecule has 0 atom stereocenters. The normalized spacial score (nSPS) is 11.2. The van der Waals surface area contributed by atoms with Crippen LogP contribution in [0.4, 0.5) is 0 Å². The van der Waals surface area contributed by atoms with Crippen molar-refractivity contribution >= 4 is 16.8 Å². The van der Waals surface area contributed by atoms with Gasteiger partial charge >= 0.3 is 5.78 Å². The molecule has 0 aliphatic carbocycles. The van der Waals surface area contributed by atoms with Crippen molar-refractivity contribution in [2.75, 3.05) is 0 Å². The molecule has 0 saturated carbocycles. The maximum Gasteiger partial charge on any atom is 0.402 e. The van der Waals surface area contributed by atoms with Crippen molar-refractivity contribution in [1.82, 2.24) is 15.0 Å². The minimum Gasteiger partial charge on any atom is -0.264 e. The summed E-state index contributed by atoms with van der Waals surface area (Å²) in [5.74, 6) is 0.836. The number of benzene rings is 1. The molecule has 0 unspecified atom stereocenters. The summed E-state index contributed by atoms with van der Waals surface area (Å²) in [6.45, 7) is 0. The van der Waals surface area contributed by atoms with Crippen LogP contribution in [-0.2, 0) is 0 Å². The van der Waals surface area contributed by atoms with Crippen LogP contribution in [0.2, 0.25) is 0 Å². The number of H-pyrrole nitrogens is 1. The van der Waals surface area contributed by atoms with Crippen LogP contribution in [0, 0.1) is 0 Å². The maximum atomic E-state index is 4.65. The van der Waals surface area contributed by atoms with Crippen molar-refractivity contribution in [2.45, 2.75) is 0 Å². The van der Waals surface area contributed by atoms with Gasteiger partial charge in [0, 0.05) is 24.0 Å². The molecule has 0 radical (unpaired) electrons. The highest BCUT2D eigenvalue weighted by molar-refractivity contribution is 5.73. The van der Waals surface area contributed by atoms with Gasteiger partial charge in [0.2, 0.25) is 0 Å². The van der Waals surface area contributed by atoms with Gasteiger partial charge in [-0.05, 0) is 24.3 Å². The Hall–Kier alpha value is -2.75. The van der Waals surface area contributed by atoms with Gasteiger partial charge in [-0.2, -0.15) is 4.40 Å². The number of nitrogens with one attached hydrogen (secondary N) is 1. The Bertz CT molecular complexity index is 865. The standard InChI is InChI=1S/C15H10N4/c1-2-6-14-13(5-1)18-15-17-12(7-9-19(14)15)11-4-3-8-16-10-11/h1-10H/p+1. The Morgan fingerprint density at radius 3 is 2.84 bits per heavy atom. The lowest BCUT2D eigenvalue weighted by Gasteiger charge is -1.94. The fourth-order valence-electron chi connectivity index (χ4n) is 2.29. The molecule has 0 amide bonds. The van der Waals surface area contributed by atoms with Crippen molar-refractivity contribution in [3.05, 3.63) is 61.1 Å². The van der Waals surface area contributed by atoms with E-state index in [0.29, 0.717) is 0 Å². The largest absolute Gasteiger partial charge is 0.402 e. The van der Waals surface area contributed by atoms with E-state index in [-0.39, 0.29) is 0 Å². The number of hydrogen-bond acceptors (Lipinski definition) is 2. The smallest absolute Gasteiger partial charge is 0.264 e. The fourth-order valence-corrected chi connectivity index (χ4v) is 2.29. The molecule has 0 bridgehead atoms. The highest BCUT2D eigenvalue weighted by atomic mass is 15.1. The van der Waals surface area contributed by atoms with Crippen LogP contribution in [0.15, 0.2) is 61.1 Å². The lowest BCUT2D eigenvalue weighted by molar-refractivity contribution is -0.483. The van der Waals surface area contributed by atoms with E-state index in [2.05, 4.69) is 25.4 Å². The predicted octanol–water partition coefficient (Wildman–Crippen LogP) is 2.36. The van der Waals surface area contributed by atoms with E-state index in [0.717, 1.165) is 28.1 Å². The molecule has 19 heavy (non-hydrogen) atoms. The molecule has 3 heterocycles. The summed E-state index contributed by atoms with van der Waals surface area (Å²) in [6, 6.07) is 14.1. The third kappa shape index (κ3) is 1.57. The number of nitrogens with zero attached hydrogens (tertiary/aromatic N) is 3. The lowest BCUT2D eigenvalue weighted by atomic mass is 10.2. The zero-order chi connectivity index (χ0) is 12.7. The number of para-hydroxylation sites is 2. The molecule has 4 heteroatoms. The number of pyridine rings is 1. The van der Waals surface area contributed by atoms with Gasteiger partial charge in [-0.15, -0.1) is 0 Å². The van der Waals surface area contributed by atoms with Crippen LogP contribution < -0.4 is 4.40 Å². The van der Waals surface area contributed by atoms with E-state index in [1.165, 1.54) is 0 Å². The van der Waals surface area contributed by atoms with Crippen LogP contribution in [0.5, 0.6) is 0 Å². The zero-order valence-electron chi connectivity index (χ0n) is 10.1. The topological polar surface area (TPSA) is 45.7 Å². The predicted molar refractivity (Wildman–Crippen MR) is 72.5 cm³/mol. The van der Waals surface area contributed by atoms with Crippen molar-refractivity contribution in [3.8, 4) is 11.3 Å². The van der Waals surface area contributed by atoms with Gasteiger partial charge in [-0.3, -0.25) is 4.98 Å². The summed E-state index contributed by atoms with van der Waals surface area (Å²) < 4.78 is 2.05. The van der Waals surface area contributed by atoms with Crippen LogP contribution in [0.1, 0.15) is 0 Å². The number of imidazole rings is 1. The maximum absolute atomic E-state index is 4.65. The van der Waals surface area contributed by atoms with Gasteiger partial charge in [-0.1, -0.05) is 17.1 Å². The van der Waals surface area contributed by atoms with Gasteiger partial charge < -0.3 is 0 Å². The van der Waals surface area contributed by atoms with Crippen LogP contribution in [-0.4, -0.2) is 15.0 Å². The SMILES string of the molecule is c1cncc(-c2cc[n+]3c(n2)[nH]c2ccccc23)c1. The summed E-state index contributed by atoms with van der Waals surface area (Å²) >= 11 is 0. The monoisotopic (exact) mass is 247 g/mol. The summed E-state index contributed by atoms with van der Waals surface area (Å²) in [4.78, 5) is 12.1. The molecule has 4 rings (SSSR count). The van der Waals surface area contributed by atoms with Gasteiger partial charge in [-0.25, -0.2) is 4.98 Å². The number of hydrogen-bond donors (Lipinski definition) is 1. The minimum absolute atomic E-state index is 0.836. The van der Waals surface area contributed by atoms with Crippen LogP contribution in [0.3, 0.4) is 0 Å². The Morgan fingerprint density at radius 1 is 1.00 bits per heavy atom. The Morgan fingerprint density at radius 2 is 1.95 bits per heavy atom. The molecule has 3 aromatic heterocycles. The highest BCUT2D eigenvalue weighted by Gasteiger charge is 2.13. The molecule has 1 aromatic carbocycles.